The Bertz CT molecular complexity index is 905. The van der Waals surface area contributed by atoms with Crippen molar-refractivity contribution in [2.24, 2.45) is 17.8 Å². The van der Waals surface area contributed by atoms with Crippen LogP contribution in [0.5, 0.6) is 0 Å². The fourth-order valence-corrected chi connectivity index (χ4v) is 4.72. The molecule has 3 atom stereocenters. The van der Waals surface area contributed by atoms with Crippen molar-refractivity contribution in [3.8, 4) is 0 Å². The monoisotopic (exact) mass is 379 g/mol. The molecular weight excluding hydrogens is 357 g/mol. The predicted molar refractivity (Wildman–Crippen MR) is 103 cm³/mol. The van der Waals surface area contributed by atoms with Gasteiger partial charge < -0.3 is 15.1 Å². The van der Waals surface area contributed by atoms with Crippen LogP contribution in [0.2, 0.25) is 0 Å². The highest BCUT2D eigenvalue weighted by Gasteiger charge is 2.61. The average Bonchev–Trinajstić information content (AvgIpc) is 3.04. The van der Waals surface area contributed by atoms with Crippen LogP contribution >= 0.6 is 0 Å². The Morgan fingerprint density at radius 2 is 1.75 bits per heavy atom. The summed E-state index contributed by atoms with van der Waals surface area (Å²) in [5.74, 6) is 0.585. The lowest BCUT2D eigenvalue weighted by Gasteiger charge is -2.20. The minimum Gasteiger partial charge on any atom is -0.338 e. The van der Waals surface area contributed by atoms with Crippen LogP contribution in [0.1, 0.15) is 17.5 Å². The number of hydrogen-bond acceptors (Lipinski definition) is 2. The second kappa shape index (κ2) is 6.62. The molecule has 1 N–H and O–H groups in total. The molecule has 2 aromatic carbocycles. The van der Waals surface area contributed by atoms with E-state index in [4.69, 9.17) is 0 Å². The highest BCUT2D eigenvalue weighted by atomic mass is 19.1. The lowest BCUT2D eigenvalue weighted by atomic mass is 10.1. The van der Waals surface area contributed by atoms with Crippen molar-refractivity contribution < 1.29 is 14.0 Å². The van der Waals surface area contributed by atoms with Gasteiger partial charge in [-0.2, -0.15) is 0 Å². The summed E-state index contributed by atoms with van der Waals surface area (Å²) in [6, 6.07) is 14.2. The van der Waals surface area contributed by atoms with Gasteiger partial charge >= 0.3 is 6.03 Å². The summed E-state index contributed by atoms with van der Waals surface area (Å²) in [7, 11) is 0. The lowest BCUT2D eigenvalue weighted by molar-refractivity contribution is -0.119. The molecule has 1 saturated carbocycles. The third-order valence-electron chi connectivity index (χ3n) is 6.30. The van der Waals surface area contributed by atoms with Crippen LogP contribution in [0.15, 0.2) is 48.5 Å². The van der Waals surface area contributed by atoms with E-state index in [1.165, 1.54) is 23.3 Å². The largest absolute Gasteiger partial charge is 0.338 e. The first-order chi connectivity index (χ1) is 13.6. The number of nitrogens with zero attached hydrogens (tertiary/aromatic N) is 2. The molecule has 144 valence electrons. The Hall–Kier alpha value is -2.89. The van der Waals surface area contributed by atoms with Gasteiger partial charge in [0.15, 0.2) is 0 Å². The van der Waals surface area contributed by atoms with Crippen molar-refractivity contribution in [3.63, 3.8) is 0 Å². The third-order valence-corrected chi connectivity index (χ3v) is 6.30. The van der Waals surface area contributed by atoms with Gasteiger partial charge in [0.05, 0.1) is 0 Å². The van der Waals surface area contributed by atoms with Crippen LogP contribution in [0.25, 0.3) is 0 Å². The summed E-state index contributed by atoms with van der Waals surface area (Å²) in [5, 5.41) is 3.00. The van der Waals surface area contributed by atoms with Crippen molar-refractivity contribution in [1.29, 1.82) is 0 Å². The van der Waals surface area contributed by atoms with Crippen molar-refractivity contribution in [2.75, 3.05) is 18.0 Å². The molecule has 0 unspecified atom stereocenters. The number of urea groups is 1. The van der Waals surface area contributed by atoms with E-state index in [1.54, 1.807) is 17.0 Å². The first-order valence-electron chi connectivity index (χ1n) is 9.78. The Balaban J connectivity index is 1.09. The summed E-state index contributed by atoms with van der Waals surface area (Å²) in [5.41, 5.74) is 3.18. The molecule has 5 rings (SSSR count). The normalized spacial score (nSPS) is 24.9. The summed E-state index contributed by atoms with van der Waals surface area (Å²) >= 11 is 0. The first-order valence-corrected chi connectivity index (χ1v) is 9.78. The number of rotatable bonds is 4. The Labute approximate surface area is 163 Å². The molecule has 2 aliphatic heterocycles. The van der Waals surface area contributed by atoms with Crippen molar-refractivity contribution in [1.82, 2.24) is 10.2 Å². The van der Waals surface area contributed by atoms with Crippen LogP contribution in [-0.4, -0.2) is 29.9 Å². The van der Waals surface area contributed by atoms with Crippen LogP contribution < -0.4 is 10.2 Å². The van der Waals surface area contributed by atoms with Gasteiger partial charge in [0.2, 0.25) is 5.91 Å². The molecule has 28 heavy (non-hydrogen) atoms. The Morgan fingerprint density at radius 3 is 2.36 bits per heavy atom. The second-order valence-corrected chi connectivity index (χ2v) is 7.92. The smallest absolute Gasteiger partial charge is 0.318 e. The second-order valence-electron chi connectivity index (χ2n) is 7.92. The zero-order chi connectivity index (χ0) is 19.3. The molecule has 2 heterocycles. The zero-order valence-electron chi connectivity index (χ0n) is 15.5. The van der Waals surface area contributed by atoms with E-state index >= 15 is 0 Å². The van der Waals surface area contributed by atoms with E-state index in [0.717, 1.165) is 12.1 Å². The Kier molecular flexibility index (Phi) is 4.07. The molecular formula is C22H22FN3O2. The zero-order valence-corrected chi connectivity index (χ0v) is 15.5. The van der Waals surface area contributed by atoms with Crippen molar-refractivity contribution in [2.45, 2.75) is 19.5 Å². The molecule has 3 aliphatic rings. The van der Waals surface area contributed by atoms with E-state index in [0.29, 0.717) is 38.0 Å². The number of anilines is 1. The number of amides is 3. The van der Waals surface area contributed by atoms with Gasteiger partial charge in [0.25, 0.3) is 0 Å². The third kappa shape index (κ3) is 2.93. The van der Waals surface area contributed by atoms with E-state index in [2.05, 4.69) is 17.4 Å². The molecule has 2 aromatic rings. The number of carbonyl (C=O) groups is 2. The van der Waals surface area contributed by atoms with E-state index in [-0.39, 0.29) is 23.7 Å². The van der Waals surface area contributed by atoms with Crippen LogP contribution in [0.4, 0.5) is 14.9 Å². The van der Waals surface area contributed by atoms with Gasteiger partial charge in [-0.05, 0) is 53.6 Å². The van der Waals surface area contributed by atoms with Crippen LogP contribution in [0.3, 0.4) is 0 Å². The number of fused-ring (bicyclic) bond motifs is 2. The highest BCUT2D eigenvalue weighted by Crippen LogP contribution is 2.54. The van der Waals surface area contributed by atoms with Gasteiger partial charge in [0.1, 0.15) is 5.82 Å². The molecule has 0 aromatic heterocycles. The highest BCUT2D eigenvalue weighted by molar-refractivity contribution is 6.00. The maximum absolute atomic E-state index is 13.1. The minimum atomic E-state index is -0.296. The molecule has 1 saturated heterocycles. The number of benzene rings is 2. The lowest BCUT2D eigenvalue weighted by Crippen LogP contribution is -2.37. The molecule has 0 radical (unpaired) electrons. The van der Waals surface area contributed by atoms with E-state index < -0.39 is 0 Å². The van der Waals surface area contributed by atoms with Gasteiger partial charge in [0, 0.05) is 37.8 Å². The first kappa shape index (κ1) is 17.2. The molecule has 5 nitrogen and oxygen atoms in total. The van der Waals surface area contributed by atoms with E-state index in [9.17, 15) is 14.0 Å². The van der Waals surface area contributed by atoms with Gasteiger partial charge in [-0.1, -0.05) is 24.3 Å². The number of nitrogens with one attached hydrogen (secondary N) is 1. The molecule has 0 spiro atoms. The van der Waals surface area contributed by atoms with E-state index in [1.807, 2.05) is 17.0 Å². The fraction of sp³-hybridized carbons (Fsp3) is 0.364. The Morgan fingerprint density at radius 1 is 1.07 bits per heavy atom. The topological polar surface area (TPSA) is 52.7 Å². The fourth-order valence-electron chi connectivity index (χ4n) is 4.72. The summed E-state index contributed by atoms with van der Waals surface area (Å²) in [4.78, 5) is 28.6. The maximum Gasteiger partial charge on any atom is 0.318 e. The number of hydrogen-bond donors (Lipinski definition) is 1. The minimum absolute atomic E-state index is 0.0405. The molecule has 0 bridgehead atoms. The molecule has 1 aliphatic carbocycles. The quantitative estimate of drug-likeness (QED) is 0.887. The predicted octanol–water partition coefficient (Wildman–Crippen LogP) is 3.15. The van der Waals surface area contributed by atoms with Gasteiger partial charge in [-0.3, -0.25) is 4.79 Å². The van der Waals surface area contributed by atoms with Crippen molar-refractivity contribution >= 4 is 17.6 Å². The summed E-state index contributed by atoms with van der Waals surface area (Å²) in [6.07, 6.45) is 0.824. The van der Waals surface area contributed by atoms with Crippen molar-refractivity contribution in [3.05, 3.63) is 65.5 Å². The molecule has 2 fully saturated rings. The molecule has 3 amide bonds. The number of carbonyl (C=O) groups excluding carboxylic acids is 2. The number of piperidine rings is 1. The summed E-state index contributed by atoms with van der Waals surface area (Å²) in [6.45, 7) is 2.59. The number of halogens is 1. The molecule has 6 heteroatoms. The average molecular weight is 379 g/mol. The SMILES string of the molecule is O=C(NCC[C@@H]1[C@H]2CN(c3ccc(F)cc3)C(=O)[C@@H]12)N1Cc2ccccc2C1. The van der Waals surface area contributed by atoms with Crippen LogP contribution in [-0.2, 0) is 17.9 Å². The van der Waals surface area contributed by atoms with Gasteiger partial charge in [-0.15, -0.1) is 0 Å². The van der Waals surface area contributed by atoms with Gasteiger partial charge in [-0.25, -0.2) is 9.18 Å². The summed E-state index contributed by atoms with van der Waals surface area (Å²) < 4.78 is 13.1. The maximum atomic E-state index is 13.1. The van der Waals surface area contributed by atoms with Crippen LogP contribution in [0, 0.1) is 23.6 Å². The standard InChI is InChI=1S/C22H22FN3O2/c23-16-5-7-17(8-6-16)26-13-19-18(20(19)21(26)27)9-10-24-22(28)25-11-14-3-1-2-4-15(14)12-25/h1-8,18-20H,9-13H2,(H,24,28)/t18-,19-,20+/m1/s1.